The van der Waals surface area contributed by atoms with Gasteiger partial charge in [-0.15, -0.1) is 8.58 Å². The van der Waals surface area contributed by atoms with Crippen LogP contribution in [-0.2, 0) is 0 Å². The van der Waals surface area contributed by atoms with Gasteiger partial charge in [0.05, 0.1) is 30.2 Å². The predicted octanol–water partition coefficient (Wildman–Crippen LogP) is 3.35. The van der Waals surface area contributed by atoms with Crippen molar-refractivity contribution in [3.05, 3.63) is 60.7 Å². The molecule has 0 radical (unpaired) electrons. The zero-order valence-corrected chi connectivity index (χ0v) is 12.4. The first-order valence-electron chi connectivity index (χ1n) is 6.61. The van der Waals surface area contributed by atoms with Crippen LogP contribution >= 0.6 is 15.8 Å². The SMILES string of the molecule is c1ccc([P+]2(c3ccccc3)CCPCC2)cc1. The van der Waals surface area contributed by atoms with Gasteiger partial charge in [0.15, 0.2) is 0 Å². The number of rotatable bonds is 2. The Bertz CT molecular complexity index is 446. The summed E-state index contributed by atoms with van der Waals surface area (Å²) in [4.78, 5) is 0. The van der Waals surface area contributed by atoms with Crippen molar-refractivity contribution < 1.29 is 0 Å². The third-order valence-corrected chi connectivity index (χ3v) is 10.4. The molecule has 0 spiro atoms. The second kappa shape index (κ2) is 5.52. The van der Waals surface area contributed by atoms with E-state index in [1.165, 1.54) is 33.2 Å². The molecule has 0 amide bonds. The van der Waals surface area contributed by atoms with Crippen LogP contribution < -0.4 is 10.6 Å². The van der Waals surface area contributed by atoms with E-state index in [1.54, 1.807) is 10.6 Å². The van der Waals surface area contributed by atoms with Crippen LogP contribution in [0.5, 0.6) is 0 Å². The molecule has 0 saturated carbocycles. The standard InChI is InChI=1S/C16H19P2/c1-3-7-15(8-4-1)18(13-11-17-12-14-18)16-9-5-2-6-10-16/h1-10,17H,11-14H2/q+1. The van der Waals surface area contributed by atoms with E-state index < -0.39 is 7.26 Å². The minimum atomic E-state index is -1.09. The molecule has 0 aliphatic carbocycles. The molecule has 92 valence electrons. The average Bonchev–Trinajstić information content (AvgIpc) is 2.50. The van der Waals surface area contributed by atoms with Gasteiger partial charge in [0, 0.05) is 0 Å². The van der Waals surface area contributed by atoms with E-state index in [2.05, 4.69) is 60.7 Å². The highest BCUT2D eigenvalue weighted by molar-refractivity contribution is 7.90. The van der Waals surface area contributed by atoms with Crippen LogP contribution in [-0.4, -0.2) is 24.6 Å². The maximum absolute atomic E-state index is 2.36. The van der Waals surface area contributed by atoms with Crippen LogP contribution in [0.1, 0.15) is 0 Å². The summed E-state index contributed by atoms with van der Waals surface area (Å²) in [5.41, 5.74) is 0. The van der Waals surface area contributed by atoms with Crippen molar-refractivity contribution in [3.63, 3.8) is 0 Å². The lowest BCUT2D eigenvalue weighted by Crippen LogP contribution is -2.31. The summed E-state index contributed by atoms with van der Waals surface area (Å²) >= 11 is 0. The van der Waals surface area contributed by atoms with Crippen molar-refractivity contribution in [2.24, 2.45) is 0 Å². The Hall–Kier alpha value is -0.700. The molecule has 1 heterocycles. The van der Waals surface area contributed by atoms with Crippen molar-refractivity contribution in [3.8, 4) is 0 Å². The molecular formula is C16H19P2+. The summed E-state index contributed by atoms with van der Waals surface area (Å²) in [5, 5.41) is 3.22. The van der Waals surface area contributed by atoms with Crippen molar-refractivity contribution in [2.75, 3.05) is 24.6 Å². The Labute approximate surface area is 112 Å². The second-order valence-corrected chi connectivity index (χ2v) is 10.2. The number of benzene rings is 2. The summed E-state index contributed by atoms with van der Waals surface area (Å²) < 4.78 is 0. The quantitative estimate of drug-likeness (QED) is 0.736. The third-order valence-electron chi connectivity index (χ3n) is 3.84. The Morgan fingerprint density at radius 1 is 0.667 bits per heavy atom. The molecule has 0 aromatic heterocycles. The maximum Gasteiger partial charge on any atom is 0.0992 e. The smallest absolute Gasteiger partial charge is 0.0992 e. The van der Waals surface area contributed by atoms with E-state index >= 15 is 0 Å². The van der Waals surface area contributed by atoms with E-state index in [0.717, 1.165) is 0 Å². The summed E-state index contributed by atoms with van der Waals surface area (Å²) in [7, 11) is 0.0980. The van der Waals surface area contributed by atoms with E-state index in [-0.39, 0.29) is 0 Å². The van der Waals surface area contributed by atoms with Crippen LogP contribution in [0.3, 0.4) is 0 Å². The van der Waals surface area contributed by atoms with Crippen molar-refractivity contribution in [1.82, 2.24) is 0 Å². The normalized spacial score (nSPS) is 18.4. The topological polar surface area (TPSA) is 0 Å². The van der Waals surface area contributed by atoms with Crippen LogP contribution in [0.2, 0.25) is 0 Å². The summed E-state index contributed by atoms with van der Waals surface area (Å²) in [6.45, 7) is 0. The van der Waals surface area contributed by atoms with Gasteiger partial charge in [0.25, 0.3) is 0 Å². The molecule has 1 saturated heterocycles. The van der Waals surface area contributed by atoms with E-state index in [1.807, 2.05) is 0 Å². The fraction of sp³-hybridized carbons (Fsp3) is 0.250. The fourth-order valence-corrected chi connectivity index (χ4v) is 10.5. The lowest BCUT2D eigenvalue weighted by molar-refractivity contribution is 1.35. The second-order valence-electron chi connectivity index (χ2n) is 4.84. The molecule has 2 aromatic carbocycles. The lowest BCUT2D eigenvalue weighted by Gasteiger charge is -2.30. The van der Waals surface area contributed by atoms with Gasteiger partial charge in [-0.3, -0.25) is 0 Å². The Morgan fingerprint density at radius 3 is 1.56 bits per heavy atom. The van der Waals surface area contributed by atoms with Crippen molar-refractivity contribution in [2.45, 2.75) is 0 Å². The van der Waals surface area contributed by atoms with Gasteiger partial charge < -0.3 is 0 Å². The first-order valence-corrected chi connectivity index (χ1v) is 10.2. The van der Waals surface area contributed by atoms with E-state index in [4.69, 9.17) is 0 Å². The Morgan fingerprint density at radius 2 is 1.11 bits per heavy atom. The molecule has 3 rings (SSSR count). The van der Waals surface area contributed by atoms with Crippen LogP contribution in [0.15, 0.2) is 60.7 Å². The van der Waals surface area contributed by atoms with Gasteiger partial charge in [-0.05, 0) is 36.6 Å². The number of hydrogen-bond donors (Lipinski definition) is 0. The molecule has 1 aliphatic heterocycles. The minimum Gasteiger partial charge on any atom is -0.115 e. The van der Waals surface area contributed by atoms with Gasteiger partial charge in [0.2, 0.25) is 0 Å². The highest BCUT2D eigenvalue weighted by Gasteiger charge is 2.43. The van der Waals surface area contributed by atoms with Crippen LogP contribution in [0.4, 0.5) is 0 Å². The molecule has 0 N–H and O–H groups in total. The van der Waals surface area contributed by atoms with Gasteiger partial charge in [-0.25, -0.2) is 0 Å². The number of hydrogen-bond acceptors (Lipinski definition) is 0. The monoisotopic (exact) mass is 273 g/mol. The third kappa shape index (κ3) is 2.25. The highest BCUT2D eigenvalue weighted by atomic mass is 31.2. The van der Waals surface area contributed by atoms with Crippen LogP contribution in [0.25, 0.3) is 0 Å². The molecule has 0 atom stereocenters. The fourth-order valence-electron chi connectivity index (χ4n) is 2.87. The van der Waals surface area contributed by atoms with E-state index in [9.17, 15) is 0 Å². The molecule has 18 heavy (non-hydrogen) atoms. The Kier molecular flexibility index (Phi) is 3.78. The molecule has 2 aromatic rings. The van der Waals surface area contributed by atoms with Crippen molar-refractivity contribution >= 4 is 26.5 Å². The van der Waals surface area contributed by atoms with Gasteiger partial charge >= 0.3 is 0 Å². The largest absolute Gasteiger partial charge is 0.115 e. The molecule has 0 unspecified atom stereocenters. The highest BCUT2D eigenvalue weighted by Crippen LogP contribution is 2.59. The van der Waals surface area contributed by atoms with Crippen LogP contribution in [0, 0.1) is 0 Å². The summed E-state index contributed by atoms with van der Waals surface area (Å²) in [6.07, 6.45) is 5.69. The zero-order valence-electron chi connectivity index (χ0n) is 10.5. The predicted molar refractivity (Wildman–Crippen MR) is 86.9 cm³/mol. The maximum atomic E-state index is 2.36. The first-order chi connectivity index (χ1) is 8.92. The minimum absolute atomic E-state index is 1.09. The molecule has 1 fully saturated rings. The van der Waals surface area contributed by atoms with Crippen molar-refractivity contribution in [1.29, 1.82) is 0 Å². The summed E-state index contributed by atoms with van der Waals surface area (Å²) in [5.74, 6) is 0. The van der Waals surface area contributed by atoms with E-state index in [0.29, 0.717) is 0 Å². The van der Waals surface area contributed by atoms with Gasteiger partial charge in [-0.2, -0.15) is 0 Å². The molecule has 1 aliphatic rings. The average molecular weight is 273 g/mol. The summed E-state index contributed by atoms with van der Waals surface area (Å²) in [6, 6.07) is 22.5. The Balaban J connectivity index is 2.10. The first kappa shape index (κ1) is 12.3. The molecule has 0 nitrogen and oxygen atoms in total. The van der Waals surface area contributed by atoms with Gasteiger partial charge in [-0.1, -0.05) is 36.4 Å². The molecular weight excluding hydrogens is 254 g/mol. The zero-order chi connectivity index (χ0) is 12.3. The molecule has 0 bridgehead atoms. The molecule has 2 heteroatoms. The van der Waals surface area contributed by atoms with Gasteiger partial charge in [0.1, 0.15) is 0 Å². The lowest BCUT2D eigenvalue weighted by atomic mass is 10.4.